The minimum absolute atomic E-state index is 0.381. The van der Waals surface area contributed by atoms with E-state index < -0.39 is 0 Å². The topological polar surface area (TPSA) is 38.0 Å². The molecule has 0 radical (unpaired) electrons. The molecule has 0 aliphatic carbocycles. The lowest BCUT2D eigenvalue weighted by Gasteiger charge is -2.22. The maximum Gasteiger partial charge on any atom is 0.0468 e. The van der Waals surface area contributed by atoms with Crippen LogP contribution in [-0.2, 0) is 6.54 Å². The van der Waals surface area contributed by atoms with Crippen molar-refractivity contribution in [3.05, 3.63) is 16.3 Å². The van der Waals surface area contributed by atoms with Gasteiger partial charge in [0.2, 0.25) is 0 Å². The Balaban J connectivity index is 2.32. The quantitative estimate of drug-likeness (QED) is 0.787. The van der Waals surface area contributed by atoms with Gasteiger partial charge in [-0.1, -0.05) is 20.8 Å². The van der Waals surface area contributed by atoms with Crippen molar-refractivity contribution in [1.29, 1.82) is 0 Å². The van der Waals surface area contributed by atoms with Gasteiger partial charge in [-0.15, -0.1) is 11.3 Å². The summed E-state index contributed by atoms with van der Waals surface area (Å²) in [4.78, 5) is 1.25. The lowest BCUT2D eigenvalue weighted by molar-refractivity contribution is 0.328. The largest absolute Gasteiger partial charge is 0.398 e. The summed E-state index contributed by atoms with van der Waals surface area (Å²) in [7, 11) is 0. The summed E-state index contributed by atoms with van der Waals surface area (Å²) in [6.45, 7) is 8.71. The molecule has 0 spiro atoms. The first-order chi connectivity index (χ1) is 6.55. The van der Waals surface area contributed by atoms with Crippen LogP contribution in [0.2, 0.25) is 0 Å². The third-order valence-electron chi connectivity index (χ3n) is 2.63. The highest BCUT2D eigenvalue weighted by atomic mass is 32.1. The first kappa shape index (κ1) is 11.5. The molecule has 0 aromatic carbocycles. The van der Waals surface area contributed by atoms with Crippen molar-refractivity contribution in [1.82, 2.24) is 5.32 Å². The van der Waals surface area contributed by atoms with Crippen LogP contribution in [0.1, 0.15) is 32.1 Å². The molecule has 1 aromatic rings. The van der Waals surface area contributed by atoms with Crippen LogP contribution in [0.3, 0.4) is 0 Å². The van der Waals surface area contributed by atoms with Crippen LogP contribution in [0.5, 0.6) is 0 Å². The Labute approximate surface area is 90.5 Å². The molecule has 3 heteroatoms. The second-order valence-electron chi connectivity index (χ2n) is 4.42. The van der Waals surface area contributed by atoms with Crippen LogP contribution in [0, 0.1) is 5.41 Å². The maximum atomic E-state index is 5.79. The molecule has 0 aliphatic heterocycles. The SMILES string of the molecule is CCC(C)(C)CNCc1sccc1N. The van der Waals surface area contributed by atoms with E-state index in [0.717, 1.165) is 18.8 Å². The number of nitrogen functional groups attached to an aromatic ring is 1. The summed E-state index contributed by atoms with van der Waals surface area (Å²) in [6, 6.07) is 1.96. The summed E-state index contributed by atoms with van der Waals surface area (Å²) >= 11 is 1.72. The highest BCUT2D eigenvalue weighted by Crippen LogP contribution is 2.20. The fourth-order valence-electron chi connectivity index (χ4n) is 1.13. The minimum atomic E-state index is 0.381. The van der Waals surface area contributed by atoms with Gasteiger partial charge in [0.05, 0.1) is 0 Å². The van der Waals surface area contributed by atoms with E-state index in [-0.39, 0.29) is 0 Å². The first-order valence-corrected chi connectivity index (χ1v) is 5.96. The molecular formula is C11H20N2S. The average Bonchev–Trinajstić information content (AvgIpc) is 2.52. The zero-order valence-electron chi connectivity index (χ0n) is 9.26. The van der Waals surface area contributed by atoms with E-state index in [0.29, 0.717) is 5.41 Å². The molecule has 0 saturated carbocycles. The molecule has 0 unspecified atom stereocenters. The van der Waals surface area contributed by atoms with Crippen molar-refractivity contribution < 1.29 is 0 Å². The van der Waals surface area contributed by atoms with Crippen molar-refractivity contribution in [3.63, 3.8) is 0 Å². The molecule has 0 bridgehead atoms. The molecule has 0 saturated heterocycles. The van der Waals surface area contributed by atoms with Gasteiger partial charge in [-0.25, -0.2) is 0 Å². The second kappa shape index (κ2) is 4.80. The van der Waals surface area contributed by atoms with Gasteiger partial charge in [0, 0.05) is 23.7 Å². The predicted octanol–water partition coefficient (Wildman–Crippen LogP) is 2.86. The Bertz CT molecular complexity index is 279. The van der Waals surface area contributed by atoms with Crippen LogP contribution in [0.25, 0.3) is 0 Å². The van der Waals surface area contributed by atoms with E-state index in [9.17, 15) is 0 Å². The van der Waals surface area contributed by atoms with Crippen molar-refractivity contribution in [3.8, 4) is 0 Å². The van der Waals surface area contributed by atoms with E-state index in [2.05, 4.69) is 26.1 Å². The van der Waals surface area contributed by atoms with Gasteiger partial charge in [0.15, 0.2) is 0 Å². The zero-order chi connectivity index (χ0) is 10.6. The highest BCUT2D eigenvalue weighted by molar-refractivity contribution is 7.10. The molecule has 1 aromatic heterocycles. The molecule has 1 rings (SSSR count). The summed E-state index contributed by atoms with van der Waals surface area (Å²) < 4.78 is 0. The van der Waals surface area contributed by atoms with Crippen molar-refractivity contribution >= 4 is 17.0 Å². The third-order valence-corrected chi connectivity index (χ3v) is 3.56. The Morgan fingerprint density at radius 1 is 1.50 bits per heavy atom. The van der Waals surface area contributed by atoms with Crippen LogP contribution < -0.4 is 11.1 Å². The number of hydrogen-bond acceptors (Lipinski definition) is 3. The van der Waals surface area contributed by atoms with Gasteiger partial charge in [-0.3, -0.25) is 0 Å². The van der Waals surface area contributed by atoms with Crippen LogP contribution in [-0.4, -0.2) is 6.54 Å². The van der Waals surface area contributed by atoms with E-state index in [1.54, 1.807) is 11.3 Å². The maximum absolute atomic E-state index is 5.79. The number of nitrogens with two attached hydrogens (primary N) is 1. The molecular weight excluding hydrogens is 192 g/mol. The van der Waals surface area contributed by atoms with Gasteiger partial charge >= 0.3 is 0 Å². The summed E-state index contributed by atoms with van der Waals surface area (Å²) in [5, 5.41) is 5.49. The van der Waals surface area contributed by atoms with Crippen molar-refractivity contribution in [2.45, 2.75) is 33.7 Å². The van der Waals surface area contributed by atoms with Gasteiger partial charge in [0.1, 0.15) is 0 Å². The van der Waals surface area contributed by atoms with E-state index in [1.807, 2.05) is 11.4 Å². The van der Waals surface area contributed by atoms with Crippen molar-refractivity contribution in [2.24, 2.45) is 5.41 Å². The second-order valence-corrected chi connectivity index (χ2v) is 5.42. The zero-order valence-corrected chi connectivity index (χ0v) is 10.1. The normalized spacial score (nSPS) is 11.9. The monoisotopic (exact) mass is 212 g/mol. The van der Waals surface area contributed by atoms with Crippen LogP contribution in [0.4, 0.5) is 5.69 Å². The van der Waals surface area contributed by atoms with E-state index in [1.165, 1.54) is 11.3 Å². The fraction of sp³-hybridized carbons (Fsp3) is 0.636. The Kier molecular flexibility index (Phi) is 3.96. The average molecular weight is 212 g/mol. The molecule has 80 valence electrons. The number of thiophene rings is 1. The Morgan fingerprint density at radius 2 is 2.21 bits per heavy atom. The van der Waals surface area contributed by atoms with Gasteiger partial charge in [0.25, 0.3) is 0 Å². The summed E-state index contributed by atoms with van der Waals surface area (Å²) in [5.74, 6) is 0. The number of rotatable bonds is 5. The van der Waals surface area contributed by atoms with Crippen LogP contribution >= 0.6 is 11.3 Å². The number of nitrogens with one attached hydrogen (secondary N) is 1. The Hall–Kier alpha value is -0.540. The van der Waals surface area contributed by atoms with Crippen molar-refractivity contribution in [2.75, 3.05) is 12.3 Å². The molecule has 2 nitrogen and oxygen atoms in total. The van der Waals surface area contributed by atoms with Crippen LogP contribution in [0.15, 0.2) is 11.4 Å². The summed E-state index contributed by atoms with van der Waals surface area (Å²) in [6.07, 6.45) is 1.19. The number of hydrogen-bond donors (Lipinski definition) is 2. The molecule has 3 N–H and O–H groups in total. The Morgan fingerprint density at radius 3 is 2.71 bits per heavy atom. The first-order valence-electron chi connectivity index (χ1n) is 5.08. The smallest absolute Gasteiger partial charge is 0.0468 e. The van der Waals surface area contributed by atoms with Gasteiger partial charge < -0.3 is 11.1 Å². The molecule has 14 heavy (non-hydrogen) atoms. The minimum Gasteiger partial charge on any atom is -0.398 e. The third kappa shape index (κ3) is 3.31. The van der Waals surface area contributed by atoms with Gasteiger partial charge in [-0.2, -0.15) is 0 Å². The number of anilines is 1. The van der Waals surface area contributed by atoms with E-state index >= 15 is 0 Å². The summed E-state index contributed by atoms with van der Waals surface area (Å²) in [5.41, 5.74) is 7.09. The van der Waals surface area contributed by atoms with E-state index in [4.69, 9.17) is 5.73 Å². The molecule has 1 heterocycles. The highest BCUT2D eigenvalue weighted by Gasteiger charge is 2.14. The molecule has 0 fully saturated rings. The standard InChI is InChI=1S/C11H20N2S/c1-4-11(2,3)8-13-7-10-9(12)5-6-14-10/h5-6,13H,4,7-8,12H2,1-3H3. The molecule has 0 atom stereocenters. The lowest BCUT2D eigenvalue weighted by Crippen LogP contribution is -2.28. The lowest BCUT2D eigenvalue weighted by atomic mass is 9.90. The van der Waals surface area contributed by atoms with Gasteiger partial charge in [-0.05, 0) is 23.3 Å². The molecule has 0 aliphatic rings. The fourth-order valence-corrected chi connectivity index (χ4v) is 1.90. The molecule has 0 amide bonds. The predicted molar refractivity (Wildman–Crippen MR) is 64.5 cm³/mol.